The summed E-state index contributed by atoms with van der Waals surface area (Å²) in [5.41, 5.74) is 0. The molecule has 1 aliphatic rings. The van der Waals surface area contributed by atoms with Crippen LogP contribution in [0.3, 0.4) is 0 Å². The van der Waals surface area contributed by atoms with Gasteiger partial charge in [-0.15, -0.1) is 16.5 Å². The SMILES string of the molecule is O=NN(CCCl)C(=O)N[C@@H]1[C@@H](O)[C@@H](O)O[C@H](CO)[C@H]1O. The molecule has 5 atom stereocenters. The number of aliphatic hydroxyl groups is 4. The third-order valence-electron chi connectivity index (χ3n) is 2.82. The van der Waals surface area contributed by atoms with E-state index in [-0.39, 0.29) is 12.4 Å². The van der Waals surface area contributed by atoms with E-state index in [4.69, 9.17) is 21.4 Å². The largest absolute Gasteiger partial charge is 0.394 e. The molecule has 0 spiro atoms. The van der Waals surface area contributed by atoms with E-state index in [0.29, 0.717) is 5.01 Å². The predicted molar refractivity (Wildman–Crippen MR) is 65.5 cm³/mol. The van der Waals surface area contributed by atoms with E-state index in [9.17, 15) is 25.0 Å². The van der Waals surface area contributed by atoms with Crippen LogP contribution in [0.1, 0.15) is 0 Å². The Labute approximate surface area is 118 Å². The Bertz CT molecular complexity index is 348. The third-order valence-corrected chi connectivity index (χ3v) is 2.99. The summed E-state index contributed by atoms with van der Waals surface area (Å²) in [7, 11) is 0. The molecule has 0 radical (unpaired) electrons. The summed E-state index contributed by atoms with van der Waals surface area (Å²) < 4.78 is 4.74. The topological polar surface area (TPSA) is 152 Å². The zero-order valence-corrected chi connectivity index (χ0v) is 11.0. The average molecular weight is 314 g/mol. The number of hydrogen-bond acceptors (Lipinski definition) is 8. The van der Waals surface area contributed by atoms with Crippen LogP contribution < -0.4 is 5.32 Å². The number of nitrogens with one attached hydrogen (secondary N) is 1. The van der Waals surface area contributed by atoms with Gasteiger partial charge in [-0.25, -0.2) is 4.79 Å². The van der Waals surface area contributed by atoms with Crippen molar-refractivity contribution in [3.8, 4) is 0 Å². The third kappa shape index (κ3) is 3.75. The van der Waals surface area contributed by atoms with Crippen LogP contribution in [-0.2, 0) is 4.74 Å². The summed E-state index contributed by atoms with van der Waals surface area (Å²) in [6.07, 6.45) is -6.01. The summed E-state index contributed by atoms with van der Waals surface area (Å²) in [6.45, 7) is -0.799. The minimum atomic E-state index is -1.70. The molecule has 0 aromatic carbocycles. The van der Waals surface area contributed by atoms with E-state index in [1.165, 1.54) is 0 Å². The Morgan fingerprint density at radius 3 is 2.50 bits per heavy atom. The number of halogens is 1. The Morgan fingerprint density at radius 2 is 2.00 bits per heavy atom. The van der Waals surface area contributed by atoms with E-state index >= 15 is 0 Å². The molecule has 0 saturated carbocycles. The van der Waals surface area contributed by atoms with Gasteiger partial charge in [0.15, 0.2) is 6.29 Å². The maximum atomic E-state index is 11.7. The van der Waals surface area contributed by atoms with Crippen molar-refractivity contribution in [1.29, 1.82) is 0 Å². The molecule has 10 nitrogen and oxygen atoms in total. The van der Waals surface area contributed by atoms with Gasteiger partial charge in [0.1, 0.15) is 18.3 Å². The summed E-state index contributed by atoms with van der Waals surface area (Å²) >= 11 is 5.38. The van der Waals surface area contributed by atoms with Crippen LogP contribution >= 0.6 is 11.6 Å². The Morgan fingerprint density at radius 1 is 1.35 bits per heavy atom. The maximum absolute atomic E-state index is 11.7. The Hall–Kier alpha value is -1.04. The van der Waals surface area contributed by atoms with Crippen molar-refractivity contribution in [2.24, 2.45) is 5.29 Å². The highest BCUT2D eigenvalue weighted by Crippen LogP contribution is 2.20. The first-order valence-corrected chi connectivity index (χ1v) is 6.27. The van der Waals surface area contributed by atoms with Crippen LogP contribution in [0.5, 0.6) is 0 Å². The average Bonchev–Trinajstić information content (AvgIpc) is 2.44. The molecule has 0 bridgehead atoms. The van der Waals surface area contributed by atoms with Gasteiger partial charge in [0.2, 0.25) is 0 Å². The van der Waals surface area contributed by atoms with Crippen LogP contribution in [0.2, 0.25) is 0 Å². The standard InChI is InChI=1S/C9H16ClN3O7/c10-1-2-13(12-19)9(18)11-5-6(15)4(3-14)20-8(17)7(5)16/h4-8,14-17H,1-3H2,(H,11,18)/t4-,5+,6-,7-,8+/m1/s1. The lowest BCUT2D eigenvalue weighted by Crippen LogP contribution is -2.65. The Balaban J connectivity index is 2.76. The van der Waals surface area contributed by atoms with Crippen molar-refractivity contribution in [1.82, 2.24) is 10.3 Å². The number of nitroso groups, excluding NO2 is 1. The molecule has 1 aliphatic heterocycles. The van der Waals surface area contributed by atoms with Gasteiger partial charge >= 0.3 is 6.03 Å². The zero-order valence-electron chi connectivity index (χ0n) is 10.3. The van der Waals surface area contributed by atoms with Gasteiger partial charge in [-0.1, -0.05) is 0 Å². The van der Waals surface area contributed by atoms with E-state index in [1.807, 2.05) is 0 Å². The summed E-state index contributed by atoms with van der Waals surface area (Å²) in [4.78, 5) is 22.1. The quantitative estimate of drug-likeness (QED) is 0.218. The molecule has 116 valence electrons. The highest BCUT2D eigenvalue weighted by molar-refractivity contribution is 6.18. The van der Waals surface area contributed by atoms with E-state index < -0.39 is 43.3 Å². The molecule has 20 heavy (non-hydrogen) atoms. The molecule has 11 heteroatoms. The summed E-state index contributed by atoms with van der Waals surface area (Å²) in [5, 5.41) is 42.9. The van der Waals surface area contributed by atoms with Gasteiger partial charge in [-0.05, 0) is 0 Å². The minimum absolute atomic E-state index is 0.0417. The van der Waals surface area contributed by atoms with Gasteiger partial charge in [-0.3, -0.25) is 0 Å². The molecular formula is C9H16ClN3O7. The molecule has 1 heterocycles. The van der Waals surface area contributed by atoms with Crippen molar-refractivity contribution in [3.05, 3.63) is 4.91 Å². The number of urea groups is 1. The fraction of sp³-hybridized carbons (Fsp3) is 0.889. The smallest absolute Gasteiger partial charge is 0.340 e. The summed E-state index contributed by atoms with van der Waals surface area (Å²) in [5.74, 6) is -0.0417. The molecule has 0 aliphatic carbocycles. The van der Waals surface area contributed by atoms with Crippen LogP contribution in [0.15, 0.2) is 5.29 Å². The molecule has 0 aromatic heterocycles. The predicted octanol–water partition coefficient (Wildman–Crippen LogP) is -2.28. The maximum Gasteiger partial charge on any atom is 0.340 e. The van der Waals surface area contributed by atoms with Gasteiger partial charge < -0.3 is 30.5 Å². The molecule has 1 fully saturated rings. The Kier molecular flexibility index (Phi) is 6.52. The molecule has 1 rings (SSSR count). The van der Waals surface area contributed by atoms with Crippen LogP contribution in [-0.4, -0.2) is 81.1 Å². The van der Waals surface area contributed by atoms with E-state index in [0.717, 1.165) is 0 Å². The molecule has 0 aromatic rings. The number of carbonyl (C=O) groups excluding carboxylic acids is 1. The fourth-order valence-electron chi connectivity index (χ4n) is 1.75. The van der Waals surface area contributed by atoms with Gasteiger partial charge in [0, 0.05) is 5.88 Å². The van der Waals surface area contributed by atoms with Crippen molar-refractivity contribution in [2.75, 3.05) is 19.0 Å². The number of alkyl halides is 1. The zero-order chi connectivity index (χ0) is 15.3. The van der Waals surface area contributed by atoms with Crippen LogP contribution in [0.4, 0.5) is 4.79 Å². The lowest BCUT2D eigenvalue weighted by Gasteiger charge is -2.40. The number of amides is 2. The van der Waals surface area contributed by atoms with Crippen molar-refractivity contribution >= 4 is 17.6 Å². The van der Waals surface area contributed by atoms with E-state index in [1.54, 1.807) is 0 Å². The first kappa shape index (κ1) is 17.0. The first-order chi connectivity index (χ1) is 9.46. The molecule has 1 saturated heterocycles. The number of nitrogens with zero attached hydrogens (tertiary/aromatic N) is 2. The number of carbonyl (C=O) groups is 1. The van der Waals surface area contributed by atoms with Crippen molar-refractivity contribution in [2.45, 2.75) is 30.6 Å². The highest BCUT2D eigenvalue weighted by Gasteiger charge is 2.44. The number of ether oxygens (including phenoxy) is 1. The van der Waals surface area contributed by atoms with Crippen molar-refractivity contribution < 1.29 is 30.0 Å². The van der Waals surface area contributed by atoms with Gasteiger partial charge in [-0.2, -0.15) is 5.01 Å². The first-order valence-electron chi connectivity index (χ1n) is 5.74. The van der Waals surface area contributed by atoms with E-state index in [2.05, 4.69) is 10.6 Å². The van der Waals surface area contributed by atoms with Crippen molar-refractivity contribution in [3.63, 3.8) is 0 Å². The number of hydrogen-bond donors (Lipinski definition) is 5. The number of rotatable bonds is 5. The second kappa shape index (κ2) is 7.67. The lowest BCUT2D eigenvalue weighted by molar-refractivity contribution is -0.261. The second-order valence-corrected chi connectivity index (χ2v) is 4.48. The molecule has 5 N–H and O–H groups in total. The van der Waals surface area contributed by atoms with Crippen LogP contribution in [0, 0.1) is 4.91 Å². The second-order valence-electron chi connectivity index (χ2n) is 4.10. The monoisotopic (exact) mass is 313 g/mol. The van der Waals surface area contributed by atoms with Crippen LogP contribution in [0.25, 0.3) is 0 Å². The normalized spacial score (nSPS) is 33.5. The highest BCUT2D eigenvalue weighted by atomic mass is 35.5. The van der Waals surface area contributed by atoms with Gasteiger partial charge in [0.05, 0.1) is 24.5 Å². The lowest BCUT2D eigenvalue weighted by atomic mass is 9.96. The number of aliphatic hydroxyl groups excluding tert-OH is 4. The fourth-order valence-corrected chi connectivity index (χ4v) is 1.91. The minimum Gasteiger partial charge on any atom is -0.394 e. The molecule has 0 unspecified atom stereocenters. The molecule has 2 amide bonds. The molecular weight excluding hydrogens is 298 g/mol. The van der Waals surface area contributed by atoms with Gasteiger partial charge in [0.25, 0.3) is 0 Å². The summed E-state index contributed by atoms with van der Waals surface area (Å²) in [6, 6.07) is -2.35.